The summed E-state index contributed by atoms with van der Waals surface area (Å²) in [5, 5.41) is 6.25. The van der Waals surface area contributed by atoms with Crippen LogP contribution in [0.4, 0.5) is 5.82 Å². The second kappa shape index (κ2) is 5.79. The number of aryl methyl sites for hydroxylation is 1. The molecule has 1 amide bonds. The van der Waals surface area contributed by atoms with Crippen molar-refractivity contribution in [3.63, 3.8) is 0 Å². The molecule has 0 saturated heterocycles. The van der Waals surface area contributed by atoms with Crippen LogP contribution < -0.4 is 5.32 Å². The molecule has 2 aromatic heterocycles. The number of nitrogens with zero attached hydrogens (tertiary/aromatic N) is 3. The highest BCUT2D eigenvalue weighted by molar-refractivity contribution is 7.09. The lowest BCUT2D eigenvalue weighted by Crippen LogP contribution is -2.21. The zero-order chi connectivity index (χ0) is 13.8. The van der Waals surface area contributed by atoms with Crippen LogP contribution in [0.2, 0.25) is 0 Å². The van der Waals surface area contributed by atoms with Crippen molar-refractivity contribution in [1.29, 1.82) is 0 Å². The van der Waals surface area contributed by atoms with E-state index in [9.17, 15) is 4.79 Å². The van der Waals surface area contributed by atoms with E-state index in [0.29, 0.717) is 12.1 Å². The average molecular weight is 276 g/mol. The highest BCUT2D eigenvalue weighted by Gasteiger charge is 2.08. The van der Waals surface area contributed by atoms with Crippen LogP contribution in [0.1, 0.15) is 21.1 Å². The van der Waals surface area contributed by atoms with Crippen LogP contribution in [0.3, 0.4) is 0 Å². The van der Waals surface area contributed by atoms with Crippen LogP contribution in [-0.2, 0) is 6.54 Å². The number of amides is 1. The normalized spacial score (nSPS) is 10.3. The lowest BCUT2D eigenvalue weighted by molar-refractivity contribution is 0.0827. The number of nitrogens with one attached hydrogen (secondary N) is 1. The molecule has 0 radical (unpaired) electrons. The number of carbonyl (C=O) groups is 1. The summed E-state index contributed by atoms with van der Waals surface area (Å²) >= 11 is 1.63. The van der Waals surface area contributed by atoms with E-state index in [1.54, 1.807) is 43.8 Å². The van der Waals surface area contributed by atoms with Gasteiger partial charge in [0.1, 0.15) is 5.82 Å². The number of anilines is 1. The molecule has 0 fully saturated rings. The van der Waals surface area contributed by atoms with Gasteiger partial charge in [0.05, 0.1) is 22.8 Å². The van der Waals surface area contributed by atoms with Crippen LogP contribution >= 0.6 is 11.3 Å². The van der Waals surface area contributed by atoms with E-state index in [0.717, 1.165) is 16.5 Å². The fourth-order valence-electron chi connectivity index (χ4n) is 1.55. The Morgan fingerprint density at radius 1 is 1.42 bits per heavy atom. The predicted molar refractivity (Wildman–Crippen MR) is 76.4 cm³/mol. The third-order valence-corrected chi connectivity index (χ3v) is 3.36. The average Bonchev–Trinajstić information content (AvgIpc) is 2.82. The standard InChI is InChI=1S/C13H16N4OS/c1-9-16-11(8-19-9)7-15-12-5-4-10(6-14-12)13(18)17(2)3/h4-6,8H,7H2,1-3H3,(H,14,15). The van der Waals surface area contributed by atoms with Gasteiger partial charge in [0, 0.05) is 25.7 Å². The Bertz CT molecular complexity index is 562. The van der Waals surface area contributed by atoms with Gasteiger partial charge in [-0.1, -0.05) is 0 Å². The van der Waals surface area contributed by atoms with E-state index < -0.39 is 0 Å². The summed E-state index contributed by atoms with van der Waals surface area (Å²) in [6.45, 7) is 2.62. The molecule has 0 bridgehead atoms. The number of hydrogen-bond acceptors (Lipinski definition) is 5. The fourth-order valence-corrected chi connectivity index (χ4v) is 2.17. The second-order valence-corrected chi connectivity index (χ2v) is 5.41. The number of pyridine rings is 1. The molecule has 2 rings (SSSR count). The summed E-state index contributed by atoms with van der Waals surface area (Å²) in [7, 11) is 3.44. The summed E-state index contributed by atoms with van der Waals surface area (Å²) in [6.07, 6.45) is 1.58. The van der Waals surface area contributed by atoms with Gasteiger partial charge in [-0.25, -0.2) is 9.97 Å². The van der Waals surface area contributed by atoms with E-state index in [4.69, 9.17) is 0 Å². The van der Waals surface area contributed by atoms with Crippen molar-refractivity contribution >= 4 is 23.1 Å². The third-order valence-electron chi connectivity index (χ3n) is 2.53. The maximum atomic E-state index is 11.7. The Morgan fingerprint density at radius 3 is 2.74 bits per heavy atom. The van der Waals surface area contributed by atoms with Crippen molar-refractivity contribution in [3.05, 3.63) is 40.0 Å². The quantitative estimate of drug-likeness (QED) is 0.929. The van der Waals surface area contributed by atoms with Gasteiger partial charge in [-0.15, -0.1) is 11.3 Å². The van der Waals surface area contributed by atoms with E-state index in [-0.39, 0.29) is 5.91 Å². The van der Waals surface area contributed by atoms with Crippen molar-refractivity contribution in [2.24, 2.45) is 0 Å². The van der Waals surface area contributed by atoms with Crippen molar-refractivity contribution in [2.45, 2.75) is 13.5 Å². The molecule has 2 aromatic rings. The fraction of sp³-hybridized carbons (Fsp3) is 0.308. The number of hydrogen-bond donors (Lipinski definition) is 1. The summed E-state index contributed by atoms with van der Waals surface area (Å²) < 4.78 is 0. The Hall–Kier alpha value is -1.95. The molecule has 100 valence electrons. The first-order valence-electron chi connectivity index (χ1n) is 5.89. The van der Waals surface area contributed by atoms with Crippen LogP contribution in [0, 0.1) is 6.92 Å². The van der Waals surface area contributed by atoms with Crippen LogP contribution in [0.15, 0.2) is 23.7 Å². The Morgan fingerprint density at radius 2 is 2.21 bits per heavy atom. The van der Waals surface area contributed by atoms with E-state index >= 15 is 0 Å². The highest BCUT2D eigenvalue weighted by Crippen LogP contribution is 2.11. The second-order valence-electron chi connectivity index (χ2n) is 4.34. The molecule has 6 heteroatoms. The van der Waals surface area contributed by atoms with Crippen molar-refractivity contribution in [1.82, 2.24) is 14.9 Å². The Labute approximate surface area is 116 Å². The monoisotopic (exact) mass is 276 g/mol. The molecule has 1 N–H and O–H groups in total. The van der Waals surface area contributed by atoms with E-state index in [1.165, 1.54) is 4.90 Å². The van der Waals surface area contributed by atoms with E-state index in [1.807, 2.05) is 12.3 Å². The molecule has 0 atom stereocenters. The Balaban J connectivity index is 1.97. The number of thiazole rings is 1. The largest absolute Gasteiger partial charge is 0.364 e. The summed E-state index contributed by atoms with van der Waals surface area (Å²) in [4.78, 5) is 21.8. The zero-order valence-corrected chi connectivity index (χ0v) is 12.0. The molecule has 0 aliphatic rings. The van der Waals surface area contributed by atoms with Gasteiger partial charge in [0.2, 0.25) is 0 Å². The topological polar surface area (TPSA) is 58.1 Å². The minimum absolute atomic E-state index is 0.0471. The molecule has 0 aliphatic heterocycles. The zero-order valence-electron chi connectivity index (χ0n) is 11.2. The molecular formula is C13H16N4OS. The molecule has 0 aliphatic carbocycles. The van der Waals surface area contributed by atoms with Gasteiger partial charge in [-0.3, -0.25) is 4.79 Å². The van der Waals surface area contributed by atoms with Gasteiger partial charge in [-0.05, 0) is 19.1 Å². The minimum Gasteiger partial charge on any atom is -0.364 e. The first-order valence-corrected chi connectivity index (χ1v) is 6.77. The lowest BCUT2D eigenvalue weighted by Gasteiger charge is -2.10. The van der Waals surface area contributed by atoms with Crippen LogP contribution in [0.5, 0.6) is 0 Å². The molecule has 2 heterocycles. The molecular weight excluding hydrogens is 260 g/mol. The number of aromatic nitrogens is 2. The molecule has 19 heavy (non-hydrogen) atoms. The third kappa shape index (κ3) is 3.51. The lowest BCUT2D eigenvalue weighted by atomic mass is 10.2. The van der Waals surface area contributed by atoms with Gasteiger partial charge >= 0.3 is 0 Å². The van der Waals surface area contributed by atoms with Crippen LogP contribution in [-0.4, -0.2) is 34.9 Å². The molecule has 0 unspecified atom stereocenters. The minimum atomic E-state index is -0.0471. The molecule has 0 aromatic carbocycles. The summed E-state index contributed by atoms with van der Waals surface area (Å²) in [6, 6.07) is 3.57. The molecule has 0 spiro atoms. The van der Waals surface area contributed by atoms with Gasteiger partial charge in [0.25, 0.3) is 5.91 Å². The maximum absolute atomic E-state index is 11.7. The molecule has 0 saturated carbocycles. The summed E-state index contributed by atoms with van der Waals surface area (Å²) in [5.41, 5.74) is 1.58. The van der Waals surface area contributed by atoms with Crippen molar-refractivity contribution in [3.8, 4) is 0 Å². The summed E-state index contributed by atoms with van der Waals surface area (Å²) in [5.74, 6) is 0.690. The SMILES string of the molecule is Cc1nc(CNc2ccc(C(=O)N(C)C)cn2)cs1. The maximum Gasteiger partial charge on any atom is 0.254 e. The smallest absolute Gasteiger partial charge is 0.254 e. The van der Waals surface area contributed by atoms with Crippen molar-refractivity contribution < 1.29 is 4.79 Å². The van der Waals surface area contributed by atoms with Gasteiger partial charge < -0.3 is 10.2 Å². The number of carbonyl (C=O) groups excluding carboxylic acids is 1. The van der Waals surface area contributed by atoms with Crippen molar-refractivity contribution in [2.75, 3.05) is 19.4 Å². The Kier molecular flexibility index (Phi) is 4.11. The van der Waals surface area contributed by atoms with Crippen LogP contribution in [0.25, 0.3) is 0 Å². The van der Waals surface area contributed by atoms with Gasteiger partial charge in [-0.2, -0.15) is 0 Å². The predicted octanol–water partition coefficient (Wildman–Crippen LogP) is 2.16. The first-order chi connectivity index (χ1) is 9.06. The van der Waals surface area contributed by atoms with E-state index in [2.05, 4.69) is 15.3 Å². The van der Waals surface area contributed by atoms with Gasteiger partial charge in [0.15, 0.2) is 0 Å². The number of rotatable bonds is 4. The highest BCUT2D eigenvalue weighted by atomic mass is 32.1. The first kappa shape index (κ1) is 13.5. The molecule has 5 nitrogen and oxygen atoms in total.